The van der Waals surface area contributed by atoms with Gasteiger partial charge in [-0.3, -0.25) is 4.90 Å². The quantitative estimate of drug-likeness (QED) is 0.607. The Hall–Kier alpha value is -1.77. The number of likely N-dealkylation sites (tertiary alicyclic amines) is 1. The van der Waals surface area contributed by atoms with Crippen molar-refractivity contribution in [3.05, 3.63) is 70.9 Å². The lowest BCUT2D eigenvalue weighted by Gasteiger charge is -2.37. The Morgan fingerprint density at radius 2 is 2.00 bits per heavy atom. The zero-order valence-electron chi connectivity index (χ0n) is 13.9. The van der Waals surface area contributed by atoms with E-state index in [0.717, 1.165) is 42.0 Å². The van der Waals surface area contributed by atoms with Gasteiger partial charge in [0.25, 0.3) is 0 Å². The molecule has 0 amide bonds. The van der Waals surface area contributed by atoms with Gasteiger partial charge in [-0.05, 0) is 48.6 Å². The largest absolute Gasteiger partial charge is 0.464 e. The Morgan fingerprint density at radius 3 is 2.79 bits per heavy atom. The summed E-state index contributed by atoms with van der Waals surface area (Å²) in [4.78, 5) is 2.56. The molecule has 2 unspecified atom stereocenters. The second kappa shape index (κ2) is 6.62. The van der Waals surface area contributed by atoms with Gasteiger partial charge in [-0.1, -0.05) is 48.9 Å². The highest BCUT2D eigenvalue weighted by Crippen LogP contribution is 2.38. The second-order valence-electron chi connectivity index (χ2n) is 6.93. The molecular formula is C21H22ClNO. The number of halogens is 1. The van der Waals surface area contributed by atoms with Crippen LogP contribution in [0.25, 0.3) is 11.0 Å². The number of hydrogen-bond acceptors (Lipinski definition) is 2. The lowest BCUT2D eigenvalue weighted by Crippen LogP contribution is -2.37. The van der Waals surface area contributed by atoms with E-state index in [1.54, 1.807) is 6.26 Å². The first kappa shape index (κ1) is 15.7. The third kappa shape index (κ3) is 3.09. The van der Waals surface area contributed by atoms with Crippen LogP contribution in [0.2, 0.25) is 5.02 Å². The fraction of sp³-hybridized carbons (Fsp3) is 0.333. The first-order valence-corrected chi connectivity index (χ1v) is 9.01. The van der Waals surface area contributed by atoms with Gasteiger partial charge in [0.05, 0.1) is 6.26 Å². The number of benzene rings is 2. The molecule has 1 fully saturated rings. The van der Waals surface area contributed by atoms with E-state index in [2.05, 4.69) is 48.2 Å². The van der Waals surface area contributed by atoms with Crippen LogP contribution in [0.4, 0.5) is 0 Å². The van der Waals surface area contributed by atoms with Crippen molar-refractivity contribution in [2.24, 2.45) is 5.92 Å². The van der Waals surface area contributed by atoms with Crippen molar-refractivity contribution >= 4 is 22.6 Å². The van der Waals surface area contributed by atoms with Crippen molar-refractivity contribution in [1.29, 1.82) is 0 Å². The van der Waals surface area contributed by atoms with Gasteiger partial charge in [-0.15, -0.1) is 0 Å². The van der Waals surface area contributed by atoms with E-state index < -0.39 is 0 Å². The number of furan rings is 1. The number of hydrogen-bond donors (Lipinski definition) is 0. The third-order valence-corrected chi connectivity index (χ3v) is 5.40. The molecule has 1 aromatic heterocycles. The number of rotatable bonds is 3. The smallest absolute Gasteiger partial charge is 0.137 e. The Balaban J connectivity index is 1.53. The minimum Gasteiger partial charge on any atom is -0.464 e. The Labute approximate surface area is 148 Å². The van der Waals surface area contributed by atoms with Gasteiger partial charge in [0.1, 0.15) is 5.58 Å². The molecule has 2 aromatic carbocycles. The van der Waals surface area contributed by atoms with Crippen molar-refractivity contribution in [1.82, 2.24) is 4.90 Å². The van der Waals surface area contributed by atoms with Crippen molar-refractivity contribution in [3.63, 3.8) is 0 Å². The van der Waals surface area contributed by atoms with Crippen LogP contribution in [-0.2, 0) is 6.54 Å². The molecule has 1 aliphatic heterocycles. The van der Waals surface area contributed by atoms with Gasteiger partial charge in [0.2, 0.25) is 0 Å². The minimum atomic E-state index is 0.504. The van der Waals surface area contributed by atoms with Gasteiger partial charge >= 0.3 is 0 Å². The Bertz CT molecular complexity index is 826. The van der Waals surface area contributed by atoms with E-state index >= 15 is 0 Å². The molecule has 0 radical (unpaired) electrons. The van der Waals surface area contributed by atoms with Crippen molar-refractivity contribution in [2.75, 3.05) is 13.1 Å². The van der Waals surface area contributed by atoms with Crippen molar-refractivity contribution in [2.45, 2.75) is 25.8 Å². The van der Waals surface area contributed by atoms with Crippen molar-refractivity contribution < 1.29 is 4.42 Å². The fourth-order valence-corrected chi connectivity index (χ4v) is 4.26. The predicted octanol–water partition coefficient (Wildman–Crippen LogP) is 5.71. The standard InChI is InChI=1S/C21H22ClNO/c1-15-13-23(14-16-5-3-2-4-6-16)9-7-19(15)20-12-18(22)11-17-8-10-24-21(17)20/h2-6,8,10-12,15,19H,7,9,13-14H2,1H3. The van der Waals surface area contributed by atoms with Crippen LogP contribution >= 0.6 is 11.6 Å². The topological polar surface area (TPSA) is 16.4 Å². The number of nitrogens with zero attached hydrogens (tertiary/aromatic N) is 1. The fourth-order valence-electron chi connectivity index (χ4n) is 4.03. The first-order valence-electron chi connectivity index (χ1n) is 8.63. The molecule has 0 N–H and O–H groups in total. The highest BCUT2D eigenvalue weighted by Gasteiger charge is 2.29. The molecule has 124 valence electrons. The van der Waals surface area contributed by atoms with E-state index in [0.29, 0.717) is 11.8 Å². The van der Waals surface area contributed by atoms with Gasteiger partial charge in [0, 0.05) is 29.1 Å². The predicted molar refractivity (Wildman–Crippen MR) is 99.5 cm³/mol. The van der Waals surface area contributed by atoms with Crippen LogP contribution in [0.15, 0.2) is 59.2 Å². The molecule has 1 aliphatic rings. The first-order chi connectivity index (χ1) is 11.7. The number of piperidine rings is 1. The summed E-state index contributed by atoms with van der Waals surface area (Å²) in [6.45, 7) is 5.59. The van der Waals surface area contributed by atoms with Crippen LogP contribution in [0.1, 0.15) is 30.4 Å². The number of fused-ring (bicyclic) bond motifs is 1. The van der Waals surface area contributed by atoms with E-state index in [-0.39, 0.29) is 0 Å². The molecule has 0 aliphatic carbocycles. The van der Waals surface area contributed by atoms with Crippen LogP contribution in [-0.4, -0.2) is 18.0 Å². The SMILES string of the molecule is CC1CN(Cc2ccccc2)CCC1c1cc(Cl)cc2ccoc12. The monoisotopic (exact) mass is 339 g/mol. The lowest BCUT2D eigenvalue weighted by molar-refractivity contribution is 0.156. The van der Waals surface area contributed by atoms with E-state index in [9.17, 15) is 0 Å². The van der Waals surface area contributed by atoms with Crippen LogP contribution < -0.4 is 0 Å². The molecule has 4 rings (SSSR count). The van der Waals surface area contributed by atoms with Crippen LogP contribution in [0.3, 0.4) is 0 Å². The zero-order chi connectivity index (χ0) is 16.5. The lowest BCUT2D eigenvalue weighted by atomic mass is 9.81. The van der Waals surface area contributed by atoms with Crippen molar-refractivity contribution in [3.8, 4) is 0 Å². The molecule has 2 atom stereocenters. The molecule has 3 heteroatoms. The maximum Gasteiger partial charge on any atom is 0.137 e. The highest BCUT2D eigenvalue weighted by molar-refractivity contribution is 6.31. The van der Waals surface area contributed by atoms with E-state index in [4.69, 9.17) is 16.0 Å². The molecule has 1 saturated heterocycles. The van der Waals surface area contributed by atoms with Crippen LogP contribution in [0, 0.1) is 5.92 Å². The maximum atomic E-state index is 6.33. The highest BCUT2D eigenvalue weighted by atomic mass is 35.5. The summed E-state index contributed by atoms with van der Waals surface area (Å²) in [5, 5.41) is 1.91. The third-order valence-electron chi connectivity index (χ3n) is 5.18. The van der Waals surface area contributed by atoms with E-state index in [1.807, 2.05) is 12.1 Å². The Kier molecular flexibility index (Phi) is 4.34. The van der Waals surface area contributed by atoms with Gasteiger partial charge in [-0.25, -0.2) is 0 Å². The summed E-state index contributed by atoms with van der Waals surface area (Å²) < 4.78 is 5.76. The minimum absolute atomic E-state index is 0.504. The van der Waals surface area contributed by atoms with E-state index in [1.165, 1.54) is 11.1 Å². The second-order valence-corrected chi connectivity index (χ2v) is 7.36. The molecule has 2 nitrogen and oxygen atoms in total. The molecule has 0 bridgehead atoms. The van der Waals surface area contributed by atoms with Gasteiger partial charge < -0.3 is 4.42 Å². The molecule has 24 heavy (non-hydrogen) atoms. The van der Waals surface area contributed by atoms with Crippen LogP contribution in [0.5, 0.6) is 0 Å². The average molecular weight is 340 g/mol. The Morgan fingerprint density at radius 1 is 1.17 bits per heavy atom. The summed E-state index contributed by atoms with van der Waals surface area (Å²) in [6, 6.07) is 16.8. The summed E-state index contributed by atoms with van der Waals surface area (Å²) >= 11 is 6.33. The molecule has 0 saturated carbocycles. The summed E-state index contributed by atoms with van der Waals surface area (Å²) in [6.07, 6.45) is 2.91. The van der Waals surface area contributed by atoms with Gasteiger partial charge in [0.15, 0.2) is 0 Å². The summed E-state index contributed by atoms with van der Waals surface area (Å²) in [5.41, 5.74) is 3.67. The molecular weight excluding hydrogens is 318 g/mol. The van der Waals surface area contributed by atoms with Gasteiger partial charge in [-0.2, -0.15) is 0 Å². The molecule has 3 aromatic rings. The zero-order valence-corrected chi connectivity index (χ0v) is 14.7. The average Bonchev–Trinajstić information content (AvgIpc) is 3.03. The molecule has 0 spiro atoms. The normalized spacial score (nSPS) is 22.1. The summed E-state index contributed by atoms with van der Waals surface area (Å²) in [7, 11) is 0. The molecule has 2 heterocycles. The summed E-state index contributed by atoms with van der Waals surface area (Å²) in [5.74, 6) is 1.08. The maximum absolute atomic E-state index is 6.33.